The number of aromatic nitrogens is 2. The maximum absolute atomic E-state index is 5.76. The summed E-state index contributed by atoms with van der Waals surface area (Å²) in [5.41, 5.74) is 6.76. The normalized spacial score (nSPS) is 11.2. The van der Waals surface area contributed by atoms with E-state index in [9.17, 15) is 0 Å². The maximum atomic E-state index is 5.76. The number of nitrogen functional groups attached to an aromatic ring is 1. The molecule has 0 aliphatic carbocycles. The van der Waals surface area contributed by atoms with Gasteiger partial charge in [-0.25, -0.2) is 4.98 Å². The minimum Gasteiger partial charge on any atom is -0.368 e. The highest BCUT2D eigenvalue weighted by Crippen LogP contribution is 2.30. The third kappa shape index (κ3) is 1.90. The predicted octanol–water partition coefficient (Wildman–Crippen LogP) is 4.23. The maximum Gasteiger partial charge on any atom is 0.223 e. The molecule has 6 heteroatoms. The second-order valence-corrected chi connectivity index (χ2v) is 6.21. The lowest BCUT2D eigenvalue weighted by Gasteiger charge is -2.07. The monoisotopic (exact) mass is 298 g/mol. The van der Waals surface area contributed by atoms with Crippen LogP contribution in [0.15, 0.2) is 41.1 Å². The third-order valence-electron chi connectivity index (χ3n) is 3.06. The van der Waals surface area contributed by atoms with Crippen molar-refractivity contribution < 1.29 is 0 Å². The van der Waals surface area contributed by atoms with Gasteiger partial charge in [-0.05, 0) is 46.5 Å². The summed E-state index contributed by atoms with van der Waals surface area (Å²) in [7, 11) is 0. The van der Waals surface area contributed by atoms with E-state index < -0.39 is 0 Å². The fraction of sp³-hybridized carbons (Fsp3) is 0. The van der Waals surface area contributed by atoms with E-state index in [-0.39, 0.29) is 0 Å². The van der Waals surface area contributed by atoms with E-state index in [0.29, 0.717) is 5.95 Å². The Morgan fingerprint density at radius 1 is 1.00 bits per heavy atom. The van der Waals surface area contributed by atoms with Crippen molar-refractivity contribution in [3.05, 3.63) is 41.1 Å². The lowest BCUT2D eigenvalue weighted by atomic mass is 10.2. The van der Waals surface area contributed by atoms with E-state index >= 15 is 0 Å². The molecule has 0 amide bonds. The topological polar surface area (TPSA) is 63.8 Å². The fourth-order valence-electron chi connectivity index (χ4n) is 2.15. The highest BCUT2D eigenvalue weighted by molar-refractivity contribution is 7.17. The van der Waals surface area contributed by atoms with Crippen molar-refractivity contribution in [3.8, 4) is 0 Å². The number of rotatable bonds is 2. The zero-order valence-electron chi connectivity index (χ0n) is 10.3. The number of hydrogen-bond donors (Lipinski definition) is 2. The number of hydrogen-bond acceptors (Lipinski definition) is 6. The smallest absolute Gasteiger partial charge is 0.223 e. The van der Waals surface area contributed by atoms with Gasteiger partial charge in [0.05, 0.1) is 5.39 Å². The molecule has 20 heavy (non-hydrogen) atoms. The first-order chi connectivity index (χ1) is 9.79. The Bertz CT molecular complexity index is 910. The van der Waals surface area contributed by atoms with E-state index in [1.165, 1.54) is 10.1 Å². The molecule has 0 radical (unpaired) electrons. The molecule has 0 unspecified atom stereocenters. The quantitative estimate of drug-likeness (QED) is 0.581. The summed E-state index contributed by atoms with van der Waals surface area (Å²) in [6.07, 6.45) is 0. The van der Waals surface area contributed by atoms with Crippen molar-refractivity contribution in [1.29, 1.82) is 0 Å². The van der Waals surface area contributed by atoms with Crippen molar-refractivity contribution in [2.75, 3.05) is 11.1 Å². The van der Waals surface area contributed by atoms with Gasteiger partial charge < -0.3 is 11.1 Å². The molecule has 98 valence electrons. The lowest BCUT2D eigenvalue weighted by Crippen LogP contribution is -2.00. The summed E-state index contributed by atoms with van der Waals surface area (Å²) < 4.78 is 1.28. The van der Waals surface area contributed by atoms with E-state index in [4.69, 9.17) is 5.73 Å². The van der Waals surface area contributed by atoms with Crippen LogP contribution in [-0.2, 0) is 0 Å². The number of nitrogens with zero attached hydrogens (tertiary/aromatic N) is 2. The van der Waals surface area contributed by atoms with Crippen molar-refractivity contribution in [1.82, 2.24) is 9.97 Å². The van der Waals surface area contributed by atoms with Crippen LogP contribution < -0.4 is 11.1 Å². The van der Waals surface area contributed by atoms with Crippen molar-refractivity contribution in [3.63, 3.8) is 0 Å². The molecule has 0 saturated heterocycles. The minimum absolute atomic E-state index is 0.291. The van der Waals surface area contributed by atoms with Gasteiger partial charge in [0.2, 0.25) is 5.95 Å². The van der Waals surface area contributed by atoms with Crippen molar-refractivity contribution in [2.24, 2.45) is 0 Å². The Morgan fingerprint density at radius 3 is 2.85 bits per heavy atom. The standard InChI is InChI=1S/C14H10N4S2/c15-14-17-12(10-4-6-20-13(10)18-14)16-9-1-2-11-8(7-9)3-5-19-11/h1-7H,(H3,15,16,17,18). The Labute approximate surface area is 122 Å². The summed E-state index contributed by atoms with van der Waals surface area (Å²) in [4.78, 5) is 9.43. The predicted molar refractivity (Wildman–Crippen MR) is 86.9 cm³/mol. The number of benzene rings is 1. The van der Waals surface area contributed by atoms with Crippen LogP contribution >= 0.6 is 22.7 Å². The zero-order valence-corrected chi connectivity index (χ0v) is 12.0. The molecule has 4 nitrogen and oxygen atoms in total. The second kappa shape index (κ2) is 4.43. The van der Waals surface area contributed by atoms with Gasteiger partial charge in [-0.2, -0.15) is 4.98 Å². The summed E-state index contributed by atoms with van der Waals surface area (Å²) >= 11 is 3.30. The minimum atomic E-state index is 0.291. The van der Waals surface area contributed by atoms with Crippen LogP contribution in [0.3, 0.4) is 0 Å². The molecule has 0 spiro atoms. The van der Waals surface area contributed by atoms with Gasteiger partial charge in [-0.3, -0.25) is 0 Å². The number of nitrogens with two attached hydrogens (primary N) is 1. The highest BCUT2D eigenvalue weighted by atomic mass is 32.1. The summed E-state index contributed by atoms with van der Waals surface area (Å²) in [6.45, 7) is 0. The first-order valence-corrected chi connectivity index (χ1v) is 7.80. The molecule has 0 bridgehead atoms. The molecule has 3 heterocycles. The number of fused-ring (bicyclic) bond motifs is 2. The molecule has 3 N–H and O–H groups in total. The van der Waals surface area contributed by atoms with Gasteiger partial charge in [0, 0.05) is 10.4 Å². The van der Waals surface area contributed by atoms with Gasteiger partial charge >= 0.3 is 0 Å². The molecule has 3 aromatic heterocycles. The Balaban J connectivity index is 1.81. The molecular formula is C14H10N4S2. The molecular weight excluding hydrogens is 288 g/mol. The van der Waals surface area contributed by atoms with Crippen LogP contribution in [0.2, 0.25) is 0 Å². The average Bonchev–Trinajstić information content (AvgIpc) is 3.05. The largest absolute Gasteiger partial charge is 0.368 e. The SMILES string of the molecule is Nc1nc(Nc2ccc3sccc3c2)c2ccsc2n1. The van der Waals surface area contributed by atoms with Gasteiger partial charge in [-0.15, -0.1) is 22.7 Å². The molecule has 0 aliphatic rings. The second-order valence-electron chi connectivity index (χ2n) is 4.37. The van der Waals surface area contributed by atoms with Crippen molar-refractivity contribution >= 4 is 60.4 Å². The van der Waals surface area contributed by atoms with Crippen LogP contribution in [0, 0.1) is 0 Å². The summed E-state index contributed by atoms with van der Waals surface area (Å²) in [5.74, 6) is 1.04. The van der Waals surface area contributed by atoms with Crippen LogP contribution in [-0.4, -0.2) is 9.97 Å². The number of thiophene rings is 2. The van der Waals surface area contributed by atoms with Crippen LogP contribution in [0.1, 0.15) is 0 Å². The van der Waals surface area contributed by atoms with Gasteiger partial charge in [0.1, 0.15) is 10.6 Å². The van der Waals surface area contributed by atoms with Gasteiger partial charge in [0.15, 0.2) is 0 Å². The highest BCUT2D eigenvalue weighted by Gasteiger charge is 2.08. The Morgan fingerprint density at radius 2 is 1.90 bits per heavy atom. The number of nitrogens with one attached hydrogen (secondary N) is 1. The summed E-state index contributed by atoms with van der Waals surface area (Å²) in [5, 5.41) is 9.64. The van der Waals surface area contributed by atoms with Crippen LogP contribution in [0.4, 0.5) is 17.5 Å². The lowest BCUT2D eigenvalue weighted by molar-refractivity contribution is 1.25. The molecule has 4 aromatic rings. The first-order valence-electron chi connectivity index (χ1n) is 6.04. The molecule has 4 rings (SSSR count). The molecule has 0 aliphatic heterocycles. The third-order valence-corrected chi connectivity index (χ3v) is 4.76. The Hall–Kier alpha value is -2.18. The molecule has 0 fully saturated rings. The Kier molecular flexibility index (Phi) is 2.58. The van der Waals surface area contributed by atoms with E-state index in [1.807, 2.05) is 11.4 Å². The zero-order chi connectivity index (χ0) is 13.5. The number of anilines is 3. The van der Waals surface area contributed by atoms with E-state index in [2.05, 4.69) is 44.9 Å². The van der Waals surface area contributed by atoms with Crippen molar-refractivity contribution in [2.45, 2.75) is 0 Å². The van der Waals surface area contributed by atoms with Crippen LogP contribution in [0.25, 0.3) is 20.3 Å². The van der Waals surface area contributed by atoms with Gasteiger partial charge in [0.25, 0.3) is 0 Å². The average molecular weight is 298 g/mol. The van der Waals surface area contributed by atoms with Crippen LogP contribution in [0.5, 0.6) is 0 Å². The van der Waals surface area contributed by atoms with E-state index in [1.54, 1.807) is 22.7 Å². The van der Waals surface area contributed by atoms with Gasteiger partial charge in [-0.1, -0.05) is 0 Å². The van der Waals surface area contributed by atoms with E-state index in [0.717, 1.165) is 21.7 Å². The fourth-order valence-corrected chi connectivity index (χ4v) is 3.69. The molecule has 0 atom stereocenters. The molecule has 1 aromatic carbocycles. The summed E-state index contributed by atoms with van der Waals surface area (Å²) in [6, 6.07) is 10.4. The molecule has 0 saturated carbocycles. The first kappa shape index (κ1) is 11.6.